The molecule has 0 heterocycles. The van der Waals surface area contributed by atoms with E-state index in [0.29, 0.717) is 6.61 Å². The summed E-state index contributed by atoms with van der Waals surface area (Å²) >= 11 is 0. The molecule has 0 aliphatic rings. The van der Waals surface area contributed by atoms with Crippen LogP contribution < -0.4 is 5.90 Å². The van der Waals surface area contributed by atoms with E-state index in [9.17, 15) is 8.42 Å². The molecule has 0 radical (unpaired) electrons. The largest absolute Gasteiger partial charge is 0.397 e. The average molecular weight is 235 g/mol. The fourth-order valence-corrected chi connectivity index (χ4v) is 0.670. The highest BCUT2D eigenvalue weighted by molar-refractivity contribution is 7.80. The number of rotatable bonds is 3. The van der Waals surface area contributed by atoms with Gasteiger partial charge in [0.05, 0.1) is 13.7 Å². The van der Waals surface area contributed by atoms with Crippen molar-refractivity contribution in [3.63, 3.8) is 0 Å². The molecule has 0 atom stereocenters. The fourth-order valence-electron chi connectivity index (χ4n) is 0.670. The molecular weight excluding hydrogens is 222 g/mol. The third kappa shape index (κ3) is 9.32. The first-order chi connectivity index (χ1) is 6.99. The quantitative estimate of drug-likeness (QED) is 0.585. The number of benzene rings is 1. The van der Waals surface area contributed by atoms with Gasteiger partial charge in [0, 0.05) is 0 Å². The first kappa shape index (κ1) is 14.0. The van der Waals surface area contributed by atoms with Crippen molar-refractivity contribution in [2.75, 3.05) is 7.11 Å². The second-order valence-electron chi connectivity index (χ2n) is 2.39. The second-order valence-corrected chi connectivity index (χ2v) is 3.58. The predicted octanol–water partition coefficient (Wildman–Crippen LogP) is 0.512. The van der Waals surface area contributed by atoms with Gasteiger partial charge in [-0.15, -0.1) is 0 Å². The van der Waals surface area contributed by atoms with Crippen molar-refractivity contribution in [2.24, 2.45) is 5.90 Å². The summed E-state index contributed by atoms with van der Waals surface area (Å²) in [5.74, 6) is 4.86. The molecule has 6 nitrogen and oxygen atoms in total. The Hall–Kier alpha value is -0.990. The molecule has 86 valence electrons. The average Bonchev–Trinajstić information content (AvgIpc) is 2.20. The van der Waals surface area contributed by atoms with E-state index in [2.05, 4.69) is 9.02 Å². The van der Waals surface area contributed by atoms with Crippen molar-refractivity contribution in [2.45, 2.75) is 6.61 Å². The molecule has 1 aromatic rings. The second kappa shape index (κ2) is 7.32. The van der Waals surface area contributed by atoms with Gasteiger partial charge >= 0.3 is 10.4 Å². The molecule has 0 amide bonds. The summed E-state index contributed by atoms with van der Waals surface area (Å²) in [6.07, 6.45) is 0. The van der Waals surface area contributed by atoms with E-state index < -0.39 is 10.4 Å². The van der Waals surface area contributed by atoms with Crippen molar-refractivity contribution in [3.8, 4) is 0 Å². The summed E-state index contributed by atoms with van der Waals surface area (Å²) in [7, 11) is -3.29. The van der Waals surface area contributed by atoms with E-state index >= 15 is 0 Å². The van der Waals surface area contributed by atoms with Gasteiger partial charge in [-0.25, -0.2) is 5.90 Å². The number of hydrogen-bond acceptors (Lipinski definition) is 5. The maximum atomic E-state index is 9.33. The summed E-state index contributed by atoms with van der Waals surface area (Å²) < 4.78 is 29.7. The Morgan fingerprint density at radius 2 is 1.80 bits per heavy atom. The van der Waals surface area contributed by atoms with Gasteiger partial charge in [-0.1, -0.05) is 30.3 Å². The minimum atomic E-state index is -4.16. The fraction of sp³-hybridized carbons (Fsp3) is 0.250. The summed E-state index contributed by atoms with van der Waals surface area (Å²) in [4.78, 5) is 4.43. The molecular formula is C8H13NO5S. The predicted molar refractivity (Wildman–Crippen MR) is 54.0 cm³/mol. The van der Waals surface area contributed by atoms with Gasteiger partial charge in [0.1, 0.15) is 0 Å². The summed E-state index contributed by atoms with van der Waals surface area (Å²) in [6.45, 7) is 0.487. The van der Waals surface area contributed by atoms with E-state index in [0.717, 1.165) is 12.7 Å². The standard InChI is InChI=1S/C7H9NO.CH4O4S/c8-9-6-7-4-2-1-3-5-7;1-5-6(2,3)4/h1-5H,6,8H2;1H3,(H,2,3,4). The Bertz CT molecular complexity index is 351. The highest BCUT2D eigenvalue weighted by Crippen LogP contribution is 1.97. The third-order valence-corrected chi connectivity index (χ3v) is 1.72. The first-order valence-electron chi connectivity index (χ1n) is 3.88. The van der Waals surface area contributed by atoms with Crippen LogP contribution in [0.2, 0.25) is 0 Å². The summed E-state index contributed by atoms with van der Waals surface area (Å²) in [5, 5.41) is 0. The van der Waals surface area contributed by atoms with Crippen LogP contribution in [-0.4, -0.2) is 20.1 Å². The van der Waals surface area contributed by atoms with E-state index in [-0.39, 0.29) is 0 Å². The minimum Gasteiger partial charge on any atom is -0.300 e. The summed E-state index contributed by atoms with van der Waals surface area (Å²) in [6, 6.07) is 9.79. The Kier molecular flexibility index (Phi) is 6.84. The zero-order valence-electron chi connectivity index (χ0n) is 8.16. The molecule has 0 aromatic heterocycles. The molecule has 1 aromatic carbocycles. The van der Waals surface area contributed by atoms with Crippen LogP contribution in [0.15, 0.2) is 30.3 Å². The van der Waals surface area contributed by atoms with Gasteiger partial charge in [0.15, 0.2) is 0 Å². The van der Waals surface area contributed by atoms with Gasteiger partial charge in [-0.05, 0) is 5.56 Å². The van der Waals surface area contributed by atoms with Crippen molar-refractivity contribution in [3.05, 3.63) is 35.9 Å². The van der Waals surface area contributed by atoms with Gasteiger partial charge in [-0.3, -0.25) is 13.6 Å². The number of hydrogen-bond donors (Lipinski definition) is 2. The lowest BCUT2D eigenvalue weighted by Gasteiger charge is -1.94. The minimum absolute atomic E-state index is 0.487. The van der Waals surface area contributed by atoms with Crippen LogP contribution in [0.5, 0.6) is 0 Å². The molecule has 0 bridgehead atoms. The molecule has 0 fully saturated rings. The molecule has 1 rings (SSSR count). The van der Waals surface area contributed by atoms with Gasteiger partial charge in [-0.2, -0.15) is 8.42 Å². The van der Waals surface area contributed by atoms with E-state index in [4.69, 9.17) is 10.4 Å². The van der Waals surface area contributed by atoms with E-state index in [1.807, 2.05) is 30.3 Å². The van der Waals surface area contributed by atoms with Gasteiger partial charge < -0.3 is 0 Å². The number of nitrogens with two attached hydrogens (primary N) is 1. The lowest BCUT2D eigenvalue weighted by atomic mass is 10.2. The van der Waals surface area contributed by atoms with Crippen LogP contribution in [-0.2, 0) is 26.0 Å². The van der Waals surface area contributed by atoms with Gasteiger partial charge in [0.25, 0.3) is 0 Å². The molecule has 0 aliphatic carbocycles. The molecule has 0 spiro atoms. The molecule has 7 heteroatoms. The topological polar surface area (TPSA) is 98.9 Å². The lowest BCUT2D eigenvalue weighted by Crippen LogP contribution is -1.97. The molecule has 0 saturated heterocycles. The lowest BCUT2D eigenvalue weighted by molar-refractivity contribution is 0.124. The maximum Gasteiger partial charge on any atom is 0.397 e. The molecule has 0 aliphatic heterocycles. The maximum absolute atomic E-state index is 9.33. The van der Waals surface area contributed by atoms with Crippen LogP contribution in [0.25, 0.3) is 0 Å². The Balaban J connectivity index is 0.000000288. The molecule has 0 unspecified atom stereocenters. The van der Waals surface area contributed by atoms with Crippen molar-refractivity contribution >= 4 is 10.4 Å². The van der Waals surface area contributed by atoms with Crippen LogP contribution in [0.4, 0.5) is 0 Å². The van der Waals surface area contributed by atoms with Crippen LogP contribution >= 0.6 is 0 Å². The van der Waals surface area contributed by atoms with Crippen LogP contribution in [0.3, 0.4) is 0 Å². The first-order valence-corrected chi connectivity index (χ1v) is 5.24. The zero-order chi connectivity index (χ0) is 11.7. The van der Waals surface area contributed by atoms with Crippen LogP contribution in [0, 0.1) is 0 Å². The zero-order valence-corrected chi connectivity index (χ0v) is 8.98. The third-order valence-electron chi connectivity index (χ3n) is 1.30. The SMILES string of the molecule is COS(=O)(=O)O.NOCc1ccccc1. The highest BCUT2D eigenvalue weighted by atomic mass is 32.3. The van der Waals surface area contributed by atoms with Crippen molar-refractivity contribution in [1.82, 2.24) is 0 Å². The Morgan fingerprint density at radius 3 is 2.13 bits per heavy atom. The van der Waals surface area contributed by atoms with E-state index in [1.165, 1.54) is 0 Å². The Morgan fingerprint density at radius 1 is 1.33 bits per heavy atom. The molecule has 15 heavy (non-hydrogen) atoms. The molecule has 3 N–H and O–H groups in total. The summed E-state index contributed by atoms with van der Waals surface area (Å²) in [5.41, 5.74) is 1.10. The van der Waals surface area contributed by atoms with Crippen LogP contribution in [0.1, 0.15) is 5.56 Å². The molecule has 0 saturated carbocycles. The van der Waals surface area contributed by atoms with Crippen molar-refractivity contribution in [1.29, 1.82) is 0 Å². The smallest absolute Gasteiger partial charge is 0.300 e. The highest BCUT2D eigenvalue weighted by Gasteiger charge is 1.94. The van der Waals surface area contributed by atoms with E-state index in [1.54, 1.807) is 0 Å². The monoisotopic (exact) mass is 235 g/mol. The van der Waals surface area contributed by atoms with Gasteiger partial charge in [0.2, 0.25) is 0 Å². The normalized spacial score (nSPS) is 10.3. The van der Waals surface area contributed by atoms with Crippen molar-refractivity contribution < 1.29 is 22.0 Å². The Labute approximate surface area is 88.5 Å².